The summed E-state index contributed by atoms with van der Waals surface area (Å²) in [5, 5.41) is 3.96. The van der Waals surface area contributed by atoms with Gasteiger partial charge in [0.15, 0.2) is 0 Å². The summed E-state index contributed by atoms with van der Waals surface area (Å²) in [5.74, 6) is 1.49. The summed E-state index contributed by atoms with van der Waals surface area (Å²) in [7, 11) is 0. The highest BCUT2D eigenvalue weighted by Crippen LogP contribution is 2.20. The van der Waals surface area contributed by atoms with E-state index in [1.165, 1.54) is 5.56 Å². The Hall–Kier alpha value is -3.12. The number of carbonyl (C=O) groups excluding carboxylic acids is 1. The Morgan fingerprint density at radius 1 is 1.03 bits per heavy atom. The Morgan fingerprint density at radius 2 is 1.87 bits per heavy atom. The van der Waals surface area contributed by atoms with Crippen LogP contribution in [-0.2, 0) is 13.2 Å². The van der Waals surface area contributed by atoms with E-state index in [-0.39, 0.29) is 5.91 Å². The second-order valence-corrected chi connectivity index (χ2v) is 8.03. The van der Waals surface area contributed by atoms with Gasteiger partial charge in [-0.2, -0.15) is 0 Å². The molecule has 1 amide bonds. The summed E-state index contributed by atoms with van der Waals surface area (Å²) in [5.41, 5.74) is 3.75. The zero-order valence-electron chi connectivity index (χ0n) is 18.2. The molecule has 1 saturated heterocycles. The van der Waals surface area contributed by atoms with Crippen molar-refractivity contribution in [2.45, 2.75) is 33.4 Å². The average Bonchev–Trinajstić information content (AvgIpc) is 2.97. The highest BCUT2D eigenvalue weighted by molar-refractivity contribution is 5.94. The Kier molecular flexibility index (Phi) is 6.67. The Labute approximate surface area is 183 Å². The summed E-state index contributed by atoms with van der Waals surface area (Å²) >= 11 is 0. The number of benzene rings is 2. The van der Waals surface area contributed by atoms with Crippen LogP contribution in [0.15, 0.2) is 59.1 Å². The van der Waals surface area contributed by atoms with E-state index in [1.54, 1.807) is 0 Å². The number of rotatable bonds is 6. The van der Waals surface area contributed by atoms with E-state index < -0.39 is 0 Å². The molecule has 1 aliphatic heterocycles. The maximum absolute atomic E-state index is 13.1. The van der Waals surface area contributed by atoms with Gasteiger partial charge in [0, 0.05) is 38.3 Å². The lowest BCUT2D eigenvalue weighted by molar-refractivity contribution is 0.0760. The Balaban J connectivity index is 1.36. The summed E-state index contributed by atoms with van der Waals surface area (Å²) < 4.78 is 11.1. The van der Waals surface area contributed by atoms with Crippen LogP contribution in [0.3, 0.4) is 0 Å². The molecule has 0 aliphatic carbocycles. The van der Waals surface area contributed by atoms with Crippen LogP contribution >= 0.6 is 0 Å². The van der Waals surface area contributed by atoms with E-state index in [9.17, 15) is 4.79 Å². The fraction of sp³-hybridized carbons (Fsp3) is 0.360. The van der Waals surface area contributed by atoms with Gasteiger partial charge in [-0.1, -0.05) is 41.6 Å². The van der Waals surface area contributed by atoms with Crippen LogP contribution < -0.4 is 4.74 Å². The highest BCUT2D eigenvalue weighted by Gasteiger charge is 2.21. The van der Waals surface area contributed by atoms with E-state index in [0.717, 1.165) is 56.2 Å². The van der Waals surface area contributed by atoms with Crippen molar-refractivity contribution < 1.29 is 14.1 Å². The number of hydrogen-bond donors (Lipinski definition) is 0. The summed E-state index contributed by atoms with van der Waals surface area (Å²) in [4.78, 5) is 17.5. The predicted molar refractivity (Wildman–Crippen MR) is 119 cm³/mol. The summed E-state index contributed by atoms with van der Waals surface area (Å²) in [6.45, 7) is 8.45. The summed E-state index contributed by atoms with van der Waals surface area (Å²) in [6, 6.07) is 17.9. The molecule has 4 rings (SSSR count). The first kappa shape index (κ1) is 21.1. The maximum Gasteiger partial charge on any atom is 0.254 e. The monoisotopic (exact) mass is 419 g/mol. The third-order valence-corrected chi connectivity index (χ3v) is 5.77. The maximum atomic E-state index is 13.1. The molecule has 0 unspecified atom stereocenters. The first-order chi connectivity index (χ1) is 15.1. The first-order valence-electron chi connectivity index (χ1n) is 10.8. The van der Waals surface area contributed by atoms with Gasteiger partial charge < -0.3 is 14.2 Å². The third-order valence-electron chi connectivity index (χ3n) is 5.77. The van der Waals surface area contributed by atoms with Gasteiger partial charge in [-0.15, -0.1) is 0 Å². The van der Waals surface area contributed by atoms with Gasteiger partial charge in [-0.3, -0.25) is 9.69 Å². The molecule has 0 saturated carbocycles. The lowest BCUT2D eigenvalue weighted by Crippen LogP contribution is -2.35. The minimum atomic E-state index is 0.0596. The number of aryl methyl sites for hydroxylation is 2. The molecule has 0 N–H and O–H groups in total. The van der Waals surface area contributed by atoms with Gasteiger partial charge >= 0.3 is 0 Å². The van der Waals surface area contributed by atoms with Crippen LogP contribution in [0.1, 0.15) is 39.4 Å². The van der Waals surface area contributed by atoms with E-state index >= 15 is 0 Å². The van der Waals surface area contributed by atoms with Gasteiger partial charge in [-0.25, -0.2) is 0 Å². The van der Waals surface area contributed by atoms with Crippen molar-refractivity contribution in [1.29, 1.82) is 0 Å². The summed E-state index contributed by atoms with van der Waals surface area (Å²) in [6.07, 6.45) is 0.973. The smallest absolute Gasteiger partial charge is 0.254 e. The minimum Gasteiger partial charge on any atom is -0.489 e. The van der Waals surface area contributed by atoms with Crippen LogP contribution in [0.25, 0.3) is 0 Å². The van der Waals surface area contributed by atoms with Gasteiger partial charge in [-0.05, 0) is 44.0 Å². The van der Waals surface area contributed by atoms with Crippen molar-refractivity contribution >= 4 is 5.91 Å². The molecular weight excluding hydrogens is 390 g/mol. The van der Waals surface area contributed by atoms with E-state index in [4.69, 9.17) is 9.26 Å². The second kappa shape index (κ2) is 9.79. The molecule has 0 radical (unpaired) electrons. The van der Waals surface area contributed by atoms with E-state index in [0.29, 0.717) is 17.9 Å². The number of hydrogen-bond acceptors (Lipinski definition) is 5. The highest BCUT2D eigenvalue weighted by atomic mass is 16.5. The van der Waals surface area contributed by atoms with Crippen molar-refractivity contribution in [2.75, 3.05) is 26.2 Å². The average molecular weight is 420 g/mol. The molecule has 0 bridgehead atoms. The standard InChI is InChI=1S/C25H29N3O3/c1-19-24(20(2)31-26-19)18-30-23-11-6-10-22(16-23)25(29)28-13-7-12-27(14-15-28)17-21-8-4-3-5-9-21/h3-6,8-11,16H,7,12-15,17-18H2,1-2H3. The number of aromatic nitrogens is 1. The molecule has 1 aliphatic rings. The normalized spacial score (nSPS) is 15.0. The Morgan fingerprint density at radius 3 is 2.65 bits per heavy atom. The molecule has 0 atom stereocenters. The Bertz CT molecular complexity index is 996. The predicted octanol–water partition coefficient (Wildman–Crippen LogP) is 4.22. The molecule has 0 spiro atoms. The van der Waals surface area contributed by atoms with Crippen molar-refractivity contribution in [1.82, 2.24) is 15.0 Å². The van der Waals surface area contributed by atoms with Crippen LogP contribution in [0.4, 0.5) is 0 Å². The third kappa shape index (κ3) is 5.33. The molecule has 1 aromatic heterocycles. The number of amides is 1. The zero-order chi connectivity index (χ0) is 21.6. The molecule has 3 aromatic rings. The van der Waals surface area contributed by atoms with Crippen molar-refractivity contribution in [2.24, 2.45) is 0 Å². The van der Waals surface area contributed by atoms with Crippen LogP contribution in [0.5, 0.6) is 5.75 Å². The first-order valence-corrected chi connectivity index (χ1v) is 10.8. The van der Waals surface area contributed by atoms with E-state index in [1.807, 2.05) is 49.1 Å². The molecule has 162 valence electrons. The molecule has 1 fully saturated rings. The van der Waals surface area contributed by atoms with Gasteiger partial charge in [0.25, 0.3) is 5.91 Å². The quantitative estimate of drug-likeness (QED) is 0.599. The second-order valence-electron chi connectivity index (χ2n) is 8.03. The van der Waals surface area contributed by atoms with Crippen molar-refractivity contribution in [3.8, 4) is 5.75 Å². The molecular formula is C25H29N3O3. The molecule has 6 heteroatoms. The van der Waals surface area contributed by atoms with Crippen LogP contribution in [0, 0.1) is 13.8 Å². The largest absolute Gasteiger partial charge is 0.489 e. The fourth-order valence-electron chi connectivity index (χ4n) is 3.94. The minimum absolute atomic E-state index is 0.0596. The molecule has 6 nitrogen and oxygen atoms in total. The van der Waals surface area contributed by atoms with Gasteiger partial charge in [0.2, 0.25) is 0 Å². The lowest BCUT2D eigenvalue weighted by Gasteiger charge is -2.22. The van der Waals surface area contributed by atoms with Crippen LogP contribution in [-0.4, -0.2) is 47.0 Å². The fourth-order valence-corrected chi connectivity index (χ4v) is 3.94. The van der Waals surface area contributed by atoms with Crippen molar-refractivity contribution in [3.63, 3.8) is 0 Å². The van der Waals surface area contributed by atoms with E-state index in [2.05, 4.69) is 34.3 Å². The van der Waals surface area contributed by atoms with Crippen molar-refractivity contribution in [3.05, 3.63) is 82.7 Å². The lowest BCUT2D eigenvalue weighted by atomic mass is 10.1. The number of ether oxygens (including phenoxy) is 1. The molecule has 2 aromatic carbocycles. The topological polar surface area (TPSA) is 58.8 Å². The SMILES string of the molecule is Cc1noc(C)c1COc1cccc(C(=O)N2CCCN(Cc3ccccc3)CC2)c1. The number of nitrogens with zero attached hydrogens (tertiary/aromatic N) is 3. The van der Waals surface area contributed by atoms with Gasteiger partial charge in [0.05, 0.1) is 11.3 Å². The zero-order valence-corrected chi connectivity index (χ0v) is 18.2. The molecule has 31 heavy (non-hydrogen) atoms. The van der Waals surface area contributed by atoms with Gasteiger partial charge in [0.1, 0.15) is 18.1 Å². The van der Waals surface area contributed by atoms with Crippen LogP contribution in [0.2, 0.25) is 0 Å². The molecule has 2 heterocycles. The number of carbonyl (C=O) groups is 1.